The Hall–Kier alpha value is -4.72. The molecule has 8 heteroatoms. The summed E-state index contributed by atoms with van der Waals surface area (Å²) < 4.78 is 2.04. The summed E-state index contributed by atoms with van der Waals surface area (Å²) in [5.74, 6) is 1.25. The lowest BCUT2D eigenvalue weighted by Crippen LogP contribution is -2.37. The van der Waals surface area contributed by atoms with Crippen molar-refractivity contribution in [2.24, 2.45) is 13.0 Å². The van der Waals surface area contributed by atoms with Gasteiger partial charge in [0.25, 0.3) is 0 Å². The molecule has 1 unspecified atom stereocenters. The molecular weight excluding hydrogens is 560 g/mol. The molecule has 6 rings (SSSR count). The molecule has 5 aromatic rings. The molecule has 1 aliphatic carbocycles. The van der Waals surface area contributed by atoms with Gasteiger partial charge in [-0.2, -0.15) is 4.98 Å². The van der Waals surface area contributed by atoms with Crippen LogP contribution in [0.1, 0.15) is 59.5 Å². The van der Waals surface area contributed by atoms with Crippen LogP contribution in [0, 0.1) is 12.8 Å². The van der Waals surface area contributed by atoms with E-state index in [1.54, 1.807) is 0 Å². The smallest absolute Gasteiger partial charge is 0.228 e. The van der Waals surface area contributed by atoms with Crippen LogP contribution in [0.15, 0.2) is 79.0 Å². The first-order chi connectivity index (χ1) is 21.8. The molecule has 0 aliphatic heterocycles. The zero-order chi connectivity index (χ0) is 31.5. The second kappa shape index (κ2) is 13.1. The lowest BCUT2D eigenvalue weighted by molar-refractivity contribution is -0.122. The summed E-state index contributed by atoms with van der Waals surface area (Å²) in [6.07, 6.45) is 6.07. The van der Waals surface area contributed by atoms with Crippen LogP contribution in [-0.2, 0) is 11.8 Å². The first-order valence-electron chi connectivity index (χ1n) is 15.9. The highest BCUT2D eigenvalue weighted by Crippen LogP contribution is 2.32. The van der Waals surface area contributed by atoms with Crippen molar-refractivity contribution in [1.82, 2.24) is 19.9 Å². The van der Waals surface area contributed by atoms with E-state index in [1.807, 2.05) is 110 Å². The molecule has 0 spiro atoms. The summed E-state index contributed by atoms with van der Waals surface area (Å²) in [7, 11) is 5.99. The maximum absolute atomic E-state index is 13.9. The number of carbonyl (C=O) groups is 2. The number of hydrogen-bond acceptors (Lipinski definition) is 6. The minimum Gasteiger partial charge on any atom is -0.362 e. The number of para-hydroxylation sites is 2. The quantitative estimate of drug-likeness (QED) is 0.174. The predicted octanol–water partition coefficient (Wildman–Crippen LogP) is 6.64. The Balaban J connectivity index is 1.11. The van der Waals surface area contributed by atoms with Gasteiger partial charge in [0.15, 0.2) is 5.78 Å². The number of carbonyl (C=O) groups excluding carboxylic acids is 2. The second-order valence-corrected chi connectivity index (χ2v) is 12.6. The molecule has 0 saturated heterocycles. The van der Waals surface area contributed by atoms with Crippen molar-refractivity contribution in [2.75, 3.05) is 30.9 Å². The third kappa shape index (κ3) is 6.70. The highest BCUT2D eigenvalue weighted by Gasteiger charge is 2.29. The molecule has 2 aromatic heterocycles. The summed E-state index contributed by atoms with van der Waals surface area (Å²) in [5, 5.41) is 8.87. The van der Waals surface area contributed by atoms with Crippen LogP contribution in [0.2, 0.25) is 0 Å². The van der Waals surface area contributed by atoms with E-state index >= 15 is 0 Å². The van der Waals surface area contributed by atoms with E-state index in [4.69, 9.17) is 9.97 Å². The Morgan fingerprint density at radius 1 is 0.911 bits per heavy atom. The molecule has 3 aromatic carbocycles. The van der Waals surface area contributed by atoms with Gasteiger partial charge in [0, 0.05) is 68.2 Å². The fourth-order valence-corrected chi connectivity index (χ4v) is 6.56. The lowest BCUT2D eigenvalue weighted by atomic mass is 9.85. The van der Waals surface area contributed by atoms with Crippen LogP contribution < -0.4 is 15.5 Å². The standard InChI is InChI=1S/C37H42N6O2/c1-24-13-17-26(18-14-24)34(44)21-30(31-23-43(4)33-12-8-6-9-28(31)33)36(45)38-22-25-15-19-27(20-16-25)39-37-40-32-11-7-5-10-29(32)35(41-37)42(2)3/h5-14,17-18,23,25,27,30H,15-16,19-22H2,1-4H3,(H,38,45)(H,39,40,41). The monoisotopic (exact) mass is 602 g/mol. The van der Waals surface area contributed by atoms with E-state index in [0.717, 1.165) is 64.4 Å². The number of rotatable bonds is 10. The maximum Gasteiger partial charge on any atom is 0.228 e. The average molecular weight is 603 g/mol. The Kier molecular flexibility index (Phi) is 8.83. The van der Waals surface area contributed by atoms with Crippen molar-refractivity contribution in [3.8, 4) is 0 Å². The van der Waals surface area contributed by atoms with Crippen LogP contribution in [0.25, 0.3) is 21.8 Å². The predicted molar refractivity (Wildman–Crippen MR) is 182 cm³/mol. The molecule has 1 saturated carbocycles. The molecule has 1 atom stereocenters. The first kappa shape index (κ1) is 30.3. The third-order valence-corrected chi connectivity index (χ3v) is 9.13. The number of aryl methyl sites for hydroxylation is 2. The van der Waals surface area contributed by atoms with Gasteiger partial charge in [-0.3, -0.25) is 9.59 Å². The van der Waals surface area contributed by atoms with Gasteiger partial charge < -0.3 is 20.1 Å². The number of aromatic nitrogens is 3. The Bertz CT molecular complexity index is 1820. The molecule has 2 N–H and O–H groups in total. The van der Waals surface area contributed by atoms with Crippen LogP contribution in [0.3, 0.4) is 0 Å². The van der Waals surface area contributed by atoms with Gasteiger partial charge in [-0.1, -0.05) is 60.2 Å². The second-order valence-electron chi connectivity index (χ2n) is 12.6. The number of ketones is 1. The van der Waals surface area contributed by atoms with E-state index in [-0.39, 0.29) is 24.2 Å². The lowest BCUT2D eigenvalue weighted by Gasteiger charge is -2.30. The van der Waals surface area contributed by atoms with Crippen LogP contribution >= 0.6 is 0 Å². The van der Waals surface area contributed by atoms with Gasteiger partial charge in [0.05, 0.1) is 11.4 Å². The minimum atomic E-state index is -0.571. The largest absolute Gasteiger partial charge is 0.362 e. The van der Waals surface area contributed by atoms with E-state index in [9.17, 15) is 9.59 Å². The molecule has 0 radical (unpaired) electrons. The Morgan fingerprint density at radius 3 is 2.33 bits per heavy atom. The van der Waals surface area contributed by atoms with E-state index in [2.05, 4.69) is 16.7 Å². The van der Waals surface area contributed by atoms with Crippen LogP contribution in [-0.4, -0.2) is 52.9 Å². The SMILES string of the molecule is Cc1ccc(C(=O)CC(C(=O)NCC2CCC(Nc3nc(N(C)C)c4ccccc4n3)CC2)c2cn(C)c3ccccc23)cc1. The summed E-state index contributed by atoms with van der Waals surface area (Å²) >= 11 is 0. The van der Waals surface area contributed by atoms with Gasteiger partial charge in [-0.05, 0) is 62.3 Å². The summed E-state index contributed by atoms with van der Waals surface area (Å²) in [6.45, 7) is 2.60. The Morgan fingerprint density at radius 2 is 1.60 bits per heavy atom. The third-order valence-electron chi connectivity index (χ3n) is 9.13. The van der Waals surface area contributed by atoms with Gasteiger partial charge in [-0.25, -0.2) is 4.98 Å². The zero-order valence-electron chi connectivity index (χ0n) is 26.6. The van der Waals surface area contributed by atoms with E-state index < -0.39 is 5.92 Å². The number of hydrogen-bond donors (Lipinski definition) is 2. The maximum atomic E-state index is 13.9. The van der Waals surface area contributed by atoms with Crippen molar-refractivity contribution in [3.63, 3.8) is 0 Å². The van der Waals surface area contributed by atoms with Gasteiger partial charge in [0.2, 0.25) is 11.9 Å². The normalized spacial score (nSPS) is 17.2. The van der Waals surface area contributed by atoms with Crippen LogP contribution in [0.5, 0.6) is 0 Å². The van der Waals surface area contributed by atoms with Gasteiger partial charge in [-0.15, -0.1) is 0 Å². The topological polar surface area (TPSA) is 92.2 Å². The van der Waals surface area contributed by atoms with Crippen molar-refractivity contribution in [1.29, 1.82) is 0 Å². The molecule has 8 nitrogen and oxygen atoms in total. The molecule has 1 amide bonds. The summed E-state index contributed by atoms with van der Waals surface area (Å²) in [4.78, 5) is 38.9. The number of anilines is 2. The van der Waals surface area contributed by atoms with Crippen molar-refractivity contribution in [3.05, 3.63) is 95.7 Å². The van der Waals surface area contributed by atoms with Crippen molar-refractivity contribution >= 4 is 45.3 Å². The summed E-state index contributed by atoms with van der Waals surface area (Å²) in [5.41, 5.74) is 4.61. The number of nitrogens with zero attached hydrogens (tertiary/aromatic N) is 4. The molecule has 2 heterocycles. The molecule has 1 fully saturated rings. The Labute approximate surface area is 264 Å². The molecule has 1 aliphatic rings. The van der Waals surface area contributed by atoms with E-state index in [0.29, 0.717) is 24.0 Å². The fraction of sp³-hybridized carbons (Fsp3) is 0.351. The van der Waals surface area contributed by atoms with Crippen LogP contribution in [0.4, 0.5) is 11.8 Å². The number of amides is 1. The first-order valence-corrected chi connectivity index (χ1v) is 15.9. The fourth-order valence-electron chi connectivity index (χ4n) is 6.56. The molecule has 0 bridgehead atoms. The highest BCUT2D eigenvalue weighted by molar-refractivity contribution is 6.02. The average Bonchev–Trinajstić information content (AvgIpc) is 3.38. The van der Waals surface area contributed by atoms with Gasteiger partial charge in [0.1, 0.15) is 5.82 Å². The zero-order valence-corrected chi connectivity index (χ0v) is 26.6. The van der Waals surface area contributed by atoms with Gasteiger partial charge >= 0.3 is 0 Å². The number of Topliss-reactive ketones (excluding diaryl/α,β-unsaturated/α-hetero) is 1. The number of benzene rings is 3. The van der Waals surface area contributed by atoms with Crippen molar-refractivity contribution in [2.45, 2.75) is 51.0 Å². The highest BCUT2D eigenvalue weighted by atomic mass is 16.2. The van der Waals surface area contributed by atoms with Crippen molar-refractivity contribution < 1.29 is 9.59 Å². The number of nitrogens with one attached hydrogen (secondary N) is 2. The number of fused-ring (bicyclic) bond motifs is 2. The molecule has 232 valence electrons. The molecule has 45 heavy (non-hydrogen) atoms. The van der Waals surface area contributed by atoms with E-state index in [1.165, 1.54) is 0 Å². The summed E-state index contributed by atoms with van der Waals surface area (Å²) in [6, 6.07) is 24.0. The minimum absolute atomic E-state index is 0.0250. The molecular formula is C37H42N6O2.